The highest BCUT2D eigenvalue weighted by Gasteiger charge is 2.52. The summed E-state index contributed by atoms with van der Waals surface area (Å²) < 4.78 is 12.1. The van der Waals surface area contributed by atoms with Gasteiger partial charge in [0.1, 0.15) is 11.8 Å². The van der Waals surface area contributed by atoms with E-state index in [2.05, 4.69) is 11.1 Å². The molecule has 2 aromatic rings. The number of benzene rings is 1. The SMILES string of the molecule is CC(=O)c1cc(C)cc2nc(C#N)c(B3OC(C)(C)C(C)(C)O3)cc12. The molecule has 0 unspecified atom stereocenters. The number of aryl methyl sites for hydroxylation is 1. The number of fused-ring (bicyclic) bond motifs is 1. The lowest BCUT2D eigenvalue weighted by Gasteiger charge is -2.32. The summed E-state index contributed by atoms with van der Waals surface area (Å²) in [4.78, 5) is 16.5. The molecule has 0 amide bonds. The molecule has 0 radical (unpaired) electrons. The minimum absolute atomic E-state index is 0.0416. The largest absolute Gasteiger partial charge is 0.497 e. The molecule has 25 heavy (non-hydrogen) atoms. The zero-order valence-electron chi connectivity index (χ0n) is 15.4. The summed E-state index contributed by atoms with van der Waals surface area (Å²) in [6.45, 7) is 11.3. The lowest BCUT2D eigenvalue weighted by atomic mass is 9.77. The number of carbonyl (C=O) groups excluding carboxylic acids is 1. The molecule has 1 aliphatic heterocycles. The van der Waals surface area contributed by atoms with Crippen molar-refractivity contribution in [3.05, 3.63) is 35.0 Å². The number of nitrogens with zero attached hydrogens (tertiary/aromatic N) is 2. The van der Waals surface area contributed by atoms with Crippen molar-refractivity contribution in [2.75, 3.05) is 0 Å². The molecular weight excluding hydrogens is 315 g/mol. The number of hydrogen-bond acceptors (Lipinski definition) is 5. The van der Waals surface area contributed by atoms with Gasteiger partial charge in [-0.05, 0) is 65.3 Å². The van der Waals surface area contributed by atoms with Gasteiger partial charge in [0.2, 0.25) is 0 Å². The Morgan fingerprint density at radius 1 is 1.16 bits per heavy atom. The molecule has 1 fully saturated rings. The second-order valence-corrected chi connectivity index (χ2v) is 7.56. The number of ketones is 1. The molecule has 5 nitrogen and oxygen atoms in total. The van der Waals surface area contributed by atoms with Gasteiger partial charge in [-0.15, -0.1) is 0 Å². The van der Waals surface area contributed by atoms with Crippen LogP contribution >= 0.6 is 0 Å². The number of Topliss-reactive ketones (excluding diaryl/α,β-unsaturated/α-hetero) is 1. The molecule has 1 aliphatic rings. The van der Waals surface area contributed by atoms with Crippen LogP contribution in [0.25, 0.3) is 10.9 Å². The predicted molar refractivity (Wildman–Crippen MR) is 96.9 cm³/mol. The van der Waals surface area contributed by atoms with Crippen LogP contribution in [0.2, 0.25) is 0 Å². The Morgan fingerprint density at radius 2 is 1.76 bits per heavy atom. The fourth-order valence-electron chi connectivity index (χ4n) is 2.96. The zero-order chi connectivity index (χ0) is 18.6. The summed E-state index contributed by atoms with van der Waals surface area (Å²) >= 11 is 0. The first-order chi connectivity index (χ1) is 11.6. The summed E-state index contributed by atoms with van der Waals surface area (Å²) in [6.07, 6.45) is 0. The second kappa shape index (κ2) is 5.65. The normalized spacial score (nSPS) is 18.4. The smallest absolute Gasteiger partial charge is 0.399 e. The lowest BCUT2D eigenvalue weighted by Crippen LogP contribution is -2.41. The maximum absolute atomic E-state index is 12.0. The van der Waals surface area contributed by atoms with Gasteiger partial charge in [-0.3, -0.25) is 4.79 Å². The van der Waals surface area contributed by atoms with E-state index in [9.17, 15) is 10.1 Å². The fraction of sp³-hybridized carbons (Fsp3) is 0.421. The van der Waals surface area contributed by atoms with E-state index >= 15 is 0 Å². The van der Waals surface area contributed by atoms with Crippen LogP contribution in [0.15, 0.2) is 18.2 Å². The van der Waals surface area contributed by atoms with Crippen LogP contribution in [0.4, 0.5) is 0 Å². The molecule has 0 bridgehead atoms. The van der Waals surface area contributed by atoms with E-state index in [0.29, 0.717) is 21.9 Å². The van der Waals surface area contributed by atoms with Crippen LogP contribution in [0.5, 0.6) is 0 Å². The maximum atomic E-state index is 12.0. The van der Waals surface area contributed by atoms with E-state index in [1.807, 2.05) is 46.8 Å². The maximum Gasteiger partial charge on any atom is 0.497 e. The van der Waals surface area contributed by atoms with Crippen LogP contribution in [0, 0.1) is 18.3 Å². The number of pyridine rings is 1. The highest BCUT2D eigenvalue weighted by molar-refractivity contribution is 6.63. The number of carbonyl (C=O) groups is 1. The third kappa shape index (κ3) is 2.84. The fourth-order valence-corrected chi connectivity index (χ4v) is 2.96. The van der Waals surface area contributed by atoms with Crippen LogP contribution in [0.3, 0.4) is 0 Å². The molecule has 1 saturated heterocycles. The molecule has 2 heterocycles. The zero-order valence-corrected chi connectivity index (χ0v) is 15.4. The predicted octanol–water partition coefficient (Wildman–Crippen LogP) is 2.92. The third-order valence-corrected chi connectivity index (χ3v) is 5.10. The molecule has 0 spiro atoms. The third-order valence-electron chi connectivity index (χ3n) is 5.10. The lowest BCUT2D eigenvalue weighted by molar-refractivity contribution is 0.00578. The van der Waals surface area contributed by atoms with E-state index in [-0.39, 0.29) is 11.5 Å². The molecule has 3 rings (SSSR count). The number of hydrogen-bond donors (Lipinski definition) is 0. The monoisotopic (exact) mass is 336 g/mol. The molecule has 128 valence electrons. The quantitative estimate of drug-likeness (QED) is 0.623. The highest BCUT2D eigenvalue weighted by atomic mass is 16.7. The molecule has 0 aliphatic carbocycles. The Balaban J connectivity index is 2.23. The van der Waals surface area contributed by atoms with Crippen LogP contribution in [-0.2, 0) is 9.31 Å². The number of rotatable bonds is 2. The average Bonchev–Trinajstić information content (AvgIpc) is 2.72. The molecule has 0 N–H and O–H groups in total. The minimum atomic E-state index is -0.697. The summed E-state index contributed by atoms with van der Waals surface area (Å²) in [5, 5.41) is 10.3. The van der Waals surface area contributed by atoms with E-state index in [1.165, 1.54) is 6.92 Å². The first kappa shape index (κ1) is 17.6. The Kier molecular flexibility index (Phi) is 3.98. The van der Waals surface area contributed by atoms with Gasteiger partial charge in [0, 0.05) is 16.4 Å². The van der Waals surface area contributed by atoms with E-state index < -0.39 is 18.3 Å². The van der Waals surface area contributed by atoms with Crippen LogP contribution < -0.4 is 5.46 Å². The van der Waals surface area contributed by atoms with Crippen molar-refractivity contribution in [1.82, 2.24) is 4.98 Å². The average molecular weight is 336 g/mol. The topological polar surface area (TPSA) is 72.2 Å². The first-order valence-corrected chi connectivity index (χ1v) is 8.28. The van der Waals surface area contributed by atoms with E-state index in [1.54, 1.807) is 6.07 Å². The Bertz CT molecular complexity index is 912. The summed E-state index contributed by atoms with van der Waals surface area (Å²) in [5.74, 6) is -0.0416. The van der Waals surface area contributed by atoms with Gasteiger partial charge in [0.15, 0.2) is 5.78 Å². The van der Waals surface area contributed by atoms with Gasteiger partial charge in [-0.1, -0.05) is 0 Å². The molecule has 1 aromatic carbocycles. The number of aromatic nitrogens is 1. The molecule has 0 atom stereocenters. The molecule has 6 heteroatoms. The Labute approximate surface area is 148 Å². The van der Waals surface area contributed by atoms with E-state index in [0.717, 1.165) is 5.56 Å². The summed E-state index contributed by atoms with van der Waals surface area (Å²) in [5.41, 5.74) is 1.92. The highest BCUT2D eigenvalue weighted by Crippen LogP contribution is 2.37. The van der Waals surface area contributed by atoms with Crippen LogP contribution in [-0.4, -0.2) is 29.1 Å². The van der Waals surface area contributed by atoms with Crippen LogP contribution in [0.1, 0.15) is 56.2 Å². The standard InChI is InChI=1S/C19H21BN2O3/c1-11-7-13(12(2)23)14-9-15(17(10-21)22-16(14)8-11)20-24-18(3,4)19(5,6)25-20/h7-9H,1-6H3. The molecule has 1 aromatic heterocycles. The second-order valence-electron chi connectivity index (χ2n) is 7.56. The van der Waals surface area contributed by atoms with Crippen molar-refractivity contribution in [3.63, 3.8) is 0 Å². The van der Waals surface area contributed by atoms with Gasteiger partial charge in [-0.25, -0.2) is 4.98 Å². The molecule has 0 saturated carbocycles. The van der Waals surface area contributed by atoms with Gasteiger partial charge < -0.3 is 9.31 Å². The van der Waals surface area contributed by atoms with Crippen molar-refractivity contribution in [1.29, 1.82) is 5.26 Å². The number of nitriles is 1. The minimum Gasteiger partial charge on any atom is -0.399 e. The van der Waals surface area contributed by atoms with Crippen molar-refractivity contribution < 1.29 is 14.1 Å². The van der Waals surface area contributed by atoms with Gasteiger partial charge >= 0.3 is 7.12 Å². The van der Waals surface area contributed by atoms with Crippen molar-refractivity contribution in [2.24, 2.45) is 0 Å². The first-order valence-electron chi connectivity index (χ1n) is 8.28. The van der Waals surface area contributed by atoms with Crippen molar-refractivity contribution in [2.45, 2.75) is 52.7 Å². The van der Waals surface area contributed by atoms with Gasteiger partial charge in [-0.2, -0.15) is 5.26 Å². The van der Waals surface area contributed by atoms with Gasteiger partial charge in [0.05, 0.1) is 16.7 Å². The van der Waals surface area contributed by atoms with Crippen molar-refractivity contribution in [3.8, 4) is 6.07 Å². The van der Waals surface area contributed by atoms with Gasteiger partial charge in [0.25, 0.3) is 0 Å². The summed E-state index contributed by atoms with van der Waals surface area (Å²) in [7, 11) is -0.697. The Hall–Kier alpha value is -2.23. The molecular formula is C19H21BN2O3. The Morgan fingerprint density at radius 3 is 2.28 bits per heavy atom. The van der Waals surface area contributed by atoms with E-state index in [4.69, 9.17) is 9.31 Å². The summed E-state index contributed by atoms with van der Waals surface area (Å²) in [6, 6.07) is 7.65. The van der Waals surface area contributed by atoms with Crippen molar-refractivity contribution >= 4 is 29.3 Å².